The van der Waals surface area contributed by atoms with Gasteiger partial charge in [0.1, 0.15) is 23.9 Å². The van der Waals surface area contributed by atoms with Gasteiger partial charge in [-0.2, -0.15) is 0 Å². The number of guanidine groups is 1. The highest BCUT2D eigenvalue weighted by molar-refractivity contribution is 5.94. The Morgan fingerprint density at radius 1 is 1.00 bits per heavy atom. The predicted molar refractivity (Wildman–Crippen MR) is 141 cm³/mol. The number of amides is 3. The number of hydrogen-bond acceptors (Lipinski definition) is 8. The number of phenols is 1. The van der Waals surface area contributed by atoms with E-state index in [2.05, 4.69) is 30.9 Å². The minimum atomic E-state index is -1.30. The Hall–Kier alpha value is -4.66. The number of carbonyl (C=O) groups is 4. The van der Waals surface area contributed by atoms with Crippen LogP contribution in [0, 0.1) is 0 Å². The van der Waals surface area contributed by atoms with Gasteiger partial charge in [0.15, 0.2) is 5.96 Å². The van der Waals surface area contributed by atoms with E-state index in [1.807, 2.05) is 0 Å². The molecule has 0 aliphatic carbocycles. The Morgan fingerprint density at radius 3 is 2.26 bits per heavy atom. The smallest absolute Gasteiger partial charge is 0.326 e. The molecule has 12 N–H and O–H groups in total. The molecule has 3 amide bonds. The van der Waals surface area contributed by atoms with Crippen molar-refractivity contribution in [2.45, 2.75) is 56.8 Å². The molecule has 0 saturated carbocycles. The van der Waals surface area contributed by atoms with Crippen LogP contribution in [0.2, 0.25) is 0 Å². The molecule has 0 radical (unpaired) electrons. The number of carboxylic acid groups (broad SMARTS) is 1. The zero-order valence-corrected chi connectivity index (χ0v) is 21.5. The van der Waals surface area contributed by atoms with Gasteiger partial charge in [0.25, 0.3) is 0 Å². The first-order valence-electron chi connectivity index (χ1n) is 12.2. The highest BCUT2D eigenvalue weighted by atomic mass is 16.4. The number of aromatic hydroxyl groups is 1. The quantitative estimate of drug-likeness (QED) is 0.0664. The summed E-state index contributed by atoms with van der Waals surface area (Å²) in [5.74, 6) is -3.34. The molecule has 15 heteroatoms. The lowest BCUT2D eigenvalue weighted by molar-refractivity contribution is -0.142. The van der Waals surface area contributed by atoms with E-state index in [-0.39, 0.29) is 31.0 Å². The minimum absolute atomic E-state index is 0.0141. The predicted octanol–water partition coefficient (Wildman–Crippen LogP) is -2.16. The van der Waals surface area contributed by atoms with Gasteiger partial charge in [0.2, 0.25) is 17.7 Å². The van der Waals surface area contributed by atoms with Crippen molar-refractivity contribution in [1.82, 2.24) is 25.9 Å². The summed E-state index contributed by atoms with van der Waals surface area (Å²) in [6, 6.07) is 1.50. The summed E-state index contributed by atoms with van der Waals surface area (Å²) < 4.78 is 0. The van der Waals surface area contributed by atoms with Gasteiger partial charge in [0, 0.05) is 31.3 Å². The lowest BCUT2D eigenvalue weighted by Gasteiger charge is -2.24. The molecule has 4 unspecified atom stereocenters. The zero-order valence-electron chi connectivity index (χ0n) is 21.5. The summed E-state index contributed by atoms with van der Waals surface area (Å²) in [5.41, 5.74) is 17.5. The third-order valence-corrected chi connectivity index (χ3v) is 5.66. The van der Waals surface area contributed by atoms with Gasteiger partial charge in [-0.1, -0.05) is 12.1 Å². The van der Waals surface area contributed by atoms with Crippen LogP contribution in [0.4, 0.5) is 0 Å². The third kappa shape index (κ3) is 10.7. The average Bonchev–Trinajstić information content (AvgIpc) is 3.39. The number of hydrogen-bond donors (Lipinski definition) is 9. The normalized spacial score (nSPS) is 13.8. The number of imidazole rings is 1. The van der Waals surface area contributed by atoms with E-state index in [9.17, 15) is 29.4 Å². The molecule has 0 aliphatic rings. The molecule has 212 valence electrons. The van der Waals surface area contributed by atoms with Crippen LogP contribution < -0.4 is 33.2 Å². The van der Waals surface area contributed by atoms with Crippen LogP contribution in [-0.2, 0) is 32.0 Å². The number of aliphatic carboxylic acids is 1. The standard InChI is InChI=1S/C24H35N9O6/c1-13(31-21(36)17(25)3-2-8-29-24(26)27)20(35)32-18(9-14-4-6-16(34)7-5-14)22(37)33-19(23(38)39)10-15-11-28-12-30-15/h4-7,11-13,17-19,34H,2-3,8-10,25H2,1H3,(H,28,30)(H,31,36)(H,32,35)(H,33,37)(H,38,39)(H4,26,27,29). The maximum atomic E-state index is 13.1. The fraction of sp³-hybridized carbons (Fsp3) is 0.417. The Kier molecular flexibility index (Phi) is 11.7. The molecule has 39 heavy (non-hydrogen) atoms. The number of benzene rings is 1. The molecule has 1 aromatic heterocycles. The molecular weight excluding hydrogens is 510 g/mol. The van der Waals surface area contributed by atoms with Gasteiger partial charge in [0.05, 0.1) is 12.4 Å². The molecule has 2 rings (SSSR count). The number of phenolic OH excluding ortho intramolecular Hbond substituents is 1. The van der Waals surface area contributed by atoms with Crippen molar-refractivity contribution in [1.29, 1.82) is 0 Å². The maximum absolute atomic E-state index is 13.1. The number of carbonyl (C=O) groups excluding carboxylic acids is 3. The SMILES string of the molecule is CC(NC(=O)C(N)CCCN=C(N)N)C(=O)NC(Cc1ccc(O)cc1)C(=O)NC(Cc1cnc[nH]1)C(=O)O. The topological polar surface area (TPSA) is 264 Å². The Labute approximate surface area is 224 Å². The number of nitrogens with two attached hydrogens (primary N) is 3. The second kappa shape index (κ2) is 14.9. The van der Waals surface area contributed by atoms with Gasteiger partial charge < -0.3 is 48.3 Å². The van der Waals surface area contributed by atoms with Crippen LogP contribution in [0.3, 0.4) is 0 Å². The lowest BCUT2D eigenvalue weighted by atomic mass is 10.0. The van der Waals surface area contributed by atoms with Crippen LogP contribution in [-0.4, -0.2) is 80.5 Å². The monoisotopic (exact) mass is 545 g/mol. The van der Waals surface area contributed by atoms with Crippen LogP contribution in [0.25, 0.3) is 0 Å². The van der Waals surface area contributed by atoms with E-state index in [1.54, 1.807) is 12.1 Å². The number of rotatable bonds is 15. The summed E-state index contributed by atoms with van der Waals surface area (Å²) in [5, 5.41) is 26.7. The zero-order chi connectivity index (χ0) is 28.9. The Bertz CT molecular complexity index is 1130. The van der Waals surface area contributed by atoms with Gasteiger partial charge in [-0.3, -0.25) is 19.4 Å². The van der Waals surface area contributed by atoms with Gasteiger partial charge >= 0.3 is 5.97 Å². The first-order chi connectivity index (χ1) is 18.5. The van der Waals surface area contributed by atoms with Crippen molar-refractivity contribution in [2.75, 3.05) is 6.54 Å². The molecule has 0 spiro atoms. The first-order valence-corrected chi connectivity index (χ1v) is 12.2. The summed E-state index contributed by atoms with van der Waals surface area (Å²) in [6.07, 6.45) is 3.47. The van der Waals surface area contributed by atoms with E-state index in [1.165, 1.54) is 31.6 Å². The van der Waals surface area contributed by atoms with E-state index >= 15 is 0 Å². The molecule has 4 atom stereocenters. The molecule has 2 aromatic rings. The van der Waals surface area contributed by atoms with E-state index in [4.69, 9.17) is 17.2 Å². The average molecular weight is 546 g/mol. The lowest BCUT2D eigenvalue weighted by Crippen LogP contribution is -2.57. The van der Waals surface area contributed by atoms with Crippen molar-refractivity contribution >= 4 is 29.7 Å². The fourth-order valence-electron chi connectivity index (χ4n) is 3.50. The number of aromatic amines is 1. The van der Waals surface area contributed by atoms with Gasteiger partial charge in [-0.05, 0) is 37.5 Å². The molecule has 0 aliphatic heterocycles. The largest absolute Gasteiger partial charge is 0.508 e. The van der Waals surface area contributed by atoms with E-state index < -0.39 is 47.9 Å². The van der Waals surface area contributed by atoms with Crippen molar-refractivity contribution in [2.24, 2.45) is 22.2 Å². The minimum Gasteiger partial charge on any atom is -0.508 e. The van der Waals surface area contributed by atoms with Crippen molar-refractivity contribution in [3.05, 3.63) is 48.0 Å². The van der Waals surface area contributed by atoms with Gasteiger partial charge in [-0.25, -0.2) is 9.78 Å². The number of aliphatic imine (C=N–C) groups is 1. The first kappa shape index (κ1) is 30.6. The highest BCUT2D eigenvalue weighted by Crippen LogP contribution is 2.12. The molecule has 0 bridgehead atoms. The summed E-state index contributed by atoms with van der Waals surface area (Å²) >= 11 is 0. The van der Waals surface area contributed by atoms with E-state index in [0.29, 0.717) is 24.2 Å². The fourth-order valence-corrected chi connectivity index (χ4v) is 3.50. The van der Waals surface area contributed by atoms with Gasteiger partial charge in [-0.15, -0.1) is 0 Å². The summed E-state index contributed by atoms with van der Waals surface area (Å²) in [6.45, 7) is 1.72. The van der Waals surface area contributed by atoms with Crippen LogP contribution in [0.15, 0.2) is 41.8 Å². The summed E-state index contributed by atoms with van der Waals surface area (Å²) in [4.78, 5) is 60.7. The Morgan fingerprint density at radius 2 is 1.67 bits per heavy atom. The van der Waals surface area contributed by atoms with E-state index in [0.717, 1.165) is 0 Å². The molecule has 0 fully saturated rings. The molecule has 1 heterocycles. The summed E-state index contributed by atoms with van der Waals surface area (Å²) in [7, 11) is 0. The van der Waals surface area contributed by atoms with Crippen molar-refractivity contribution in [3.63, 3.8) is 0 Å². The number of nitrogens with one attached hydrogen (secondary N) is 4. The number of nitrogens with zero attached hydrogens (tertiary/aromatic N) is 2. The van der Waals surface area contributed by atoms with Crippen LogP contribution in [0.5, 0.6) is 5.75 Å². The molecular formula is C24H35N9O6. The maximum Gasteiger partial charge on any atom is 0.326 e. The number of H-pyrrole nitrogens is 1. The van der Waals surface area contributed by atoms with Crippen molar-refractivity contribution in [3.8, 4) is 5.75 Å². The Balaban J connectivity index is 2.07. The second-order valence-electron chi connectivity index (χ2n) is 8.90. The number of aromatic nitrogens is 2. The molecule has 15 nitrogen and oxygen atoms in total. The third-order valence-electron chi connectivity index (χ3n) is 5.66. The van der Waals surface area contributed by atoms with Crippen LogP contribution in [0.1, 0.15) is 31.0 Å². The molecule has 1 aromatic carbocycles. The van der Waals surface area contributed by atoms with Crippen LogP contribution >= 0.6 is 0 Å². The van der Waals surface area contributed by atoms with Crippen molar-refractivity contribution < 1.29 is 29.4 Å². The second-order valence-corrected chi connectivity index (χ2v) is 8.90. The number of carboxylic acids is 1. The molecule has 0 saturated heterocycles. The highest BCUT2D eigenvalue weighted by Gasteiger charge is 2.29.